The van der Waals surface area contributed by atoms with Crippen LogP contribution in [0.3, 0.4) is 0 Å². The van der Waals surface area contributed by atoms with E-state index in [1.165, 1.54) is 0 Å². The van der Waals surface area contributed by atoms with E-state index in [0.717, 1.165) is 51.7 Å². The van der Waals surface area contributed by atoms with Gasteiger partial charge in [0.25, 0.3) is 0 Å². The molecule has 1 heterocycles. The molecule has 3 rings (SSSR count). The number of rotatable bonds is 3. The maximum absolute atomic E-state index is 13.8. The van der Waals surface area contributed by atoms with Gasteiger partial charge in [0.2, 0.25) is 0 Å². The van der Waals surface area contributed by atoms with Gasteiger partial charge in [0, 0.05) is 17.8 Å². The molecule has 2 aliphatic carbocycles. The maximum atomic E-state index is 13.8. The average Bonchev–Trinajstić information content (AvgIpc) is 2.61. The summed E-state index contributed by atoms with van der Waals surface area (Å²) in [4.78, 5) is 0. The zero-order valence-corrected chi connectivity index (χ0v) is 15.4. The van der Waals surface area contributed by atoms with E-state index in [-0.39, 0.29) is 12.4 Å². The largest absolute Gasteiger partial charge is 0.412 e. The van der Waals surface area contributed by atoms with Crippen molar-refractivity contribution < 1.29 is 27.0 Å². The molecule has 3 aliphatic rings. The predicted octanol–water partition coefficient (Wildman–Crippen LogP) is 6.02. The van der Waals surface area contributed by atoms with Crippen LogP contribution in [0.5, 0.6) is 0 Å². The average molecular weight is 378 g/mol. The van der Waals surface area contributed by atoms with Gasteiger partial charge in [0.05, 0.1) is 19.3 Å². The molecule has 2 saturated carbocycles. The molecule has 2 nitrogen and oxygen atoms in total. The molecule has 0 spiro atoms. The Bertz CT molecular complexity index is 467. The highest BCUT2D eigenvalue weighted by atomic mass is 19.4. The highest BCUT2D eigenvalue weighted by Crippen LogP contribution is 2.44. The summed E-state index contributed by atoms with van der Waals surface area (Å²) in [6.07, 6.45) is 2.40. The molecular formula is C20H30F4O2. The van der Waals surface area contributed by atoms with Gasteiger partial charge in [-0.05, 0) is 63.2 Å². The molecule has 0 unspecified atom stereocenters. The Morgan fingerprint density at radius 2 is 1.27 bits per heavy atom. The van der Waals surface area contributed by atoms with Gasteiger partial charge in [-0.2, -0.15) is 13.2 Å². The second kappa shape index (κ2) is 8.59. The van der Waals surface area contributed by atoms with E-state index in [1.807, 2.05) is 0 Å². The zero-order chi connectivity index (χ0) is 18.7. The SMILES string of the molecule is CC1COC(C2CCC(C3CCC(/C(F)=C/C(F)(F)F)CC3)CC2)OC1. The lowest BCUT2D eigenvalue weighted by Gasteiger charge is -2.40. The van der Waals surface area contributed by atoms with E-state index in [0.29, 0.717) is 36.5 Å². The highest BCUT2D eigenvalue weighted by molar-refractivity contribution is 5.03. The van der Waals surface area contributed by atoms with Crippen LogP contribution >= 0.6 is 0 Å². The van der Waals surface area contributed by atoms with Gasteiger partial charge in [-0.3, -0.25) is 0 Å². The number of hydrogen-bond donors (Lipinski definition) is 0. The number of alkyl halides is 3. The number of allylic oxidation sites excluding steroid dienone is 2. The number of halogens is 4. The monoisotopic (exact) mass is 378 g/mol. The van der Waals surface area contributed by atoms with Crippen LogP contribution < -0.4 is 0 Å². The second-order valence-electron chi connectivity index (χ2n) is 8.50. The molecule has 0 bridgehead atoms. The fourth-order valence-electron chi connectivity index (χ4n) is 4.92. The van der Waals surface area contributed by atoms with Gasteiger partial charge < -0.3 is 9.47 Å². The Hall–Kier alpha value is -0.620. The summed E-state index contributed by atoms with van der Waals surface area (Å²) < 4.78 is 62.3. The lowest BCUT2D eigenvalue weighted by molar-refractivity contribution is -0.227. The van der Waals surface area contributed by atoms with Gasteiger partial charge in [0.1, 0.15) is 5.83 Å². The molecule has 0 N–H and O–H groups in total. The summed E-state index contributed by atoms with van der Waals surface area (Å²) in [7, 11) is 0. The first-order valence-corrected chi connectivity index (χ1v) is 10.00. The van der Waals surface area contributed by atoms with Crippen LogP contribution in [0.1, 0.15) is 58.3 Å². The van der Waals surface area contributed by atoms with Gasteiger partial charge in [-0.15, -0.1) is 0 Å². The third-order valence-electron chi connectivity index (χ3n) is 6.42. The molecular weight excluding hydrogens is 348 g/mol. The summed E-state index contributed by atoms with van der Waals surface area (Å²) in [6, 6.07) is 0. The van der Waals surface area contributed by atoms with Crippen LogP contribution in [0, 0.1) is 29.6 Å². The van der Waals surface area contributed by atoms with Crippen LogP contribution in [-0.4, -0.2) is 25.7 Å². The fraction of sp³-hybridized carbons (Fsp3) is 0.900. The molecule has 0 amide bonds. The first-order valence-electron chi connectivity index (χ1n) is 10.00. The first kappa shape index (κ1) is 20.1. The van der Waals surface area contributed by atoms with E-state index in [1.54, 1.807) is 0 Å². The molecule has 0 aromatic heterocycles. The third-order valence-corrected chi connectivity index (χ3v) is 6.42. The van der Waals surface area contributed by atoms with Crippen molar-refractivity contribution in [2.24, 2.45) is 29.6 Å². The van der Waals surface area contributed by atoms with Gasteiger partial charge >= 0.3 is 6.18 Å². The quantitative estimate of drug-likeness (QED) is 0.559. The Labute approximate surface area is 153 Å². The summed E-state index contributed by atoms with van der Waals surface area (Å²) in [5.74, 6) is 0.533. The topological polar surface area (TPSA) is 18.5 Å². The van der Waals surface area contributed by atoms with Crippen LogP contribution in [0.2, 0.25) is 0 Å². The van der Waals surface area contributed by atoms with E-state index in [2.05, 4.69) is 6.92 Å². The van der Waals surface area contributed by atoms with Crippen molar-refractivity contribution in [1.29, 1.82) is 0 Å². The Morgan fingerprint density at radius 1 is 0.808 bits per heavy atom. The third kappa shape index (κ3) is 5.44. The Morgan fingerprint density at radius 3 is 1.77 bits per heavy atom. The van der Waals surface area contributed by atoms with Gasteiger partial charge in [0.15, 0.2) is 6.29 Å². The summed E-state index contributed by atoms with van der Waals surface area (Å²) in [5, 5.41) is 0. The molecule has 0 aromatic carbocycles. The molecule has 1 saturated heterocycles. The van der Waals surface area contributed by atoms with Crippen LogP contribution in [0.4, 0.5) is 17.6 Å². The predicted molar refractivity (Wildman–Crippen MR) is 91.0 cm³/mol. The number of ether oxygens (including phenoxy) is 2. The fourth-order valence-corrected chi connectivity index (χ4v) is 4.92. The van der Waals surface area contributed by atoms with Crippen molar-refractivity contribution in [2.45, 2.75) is 70.8 Å². The normalized spacial score (nSPS) is 40.4. The molecule has 1 aliphatic heterocycles. The van der Waals surface area contributed by atoms with Crippen LogP contribution in [0.15, 0.2) is 11.9 Å². The maximum Gasteiger partial charge on any atom is 0.412 e. The van der Waals surface area contributed by atoms with Crippen molar-refractivity contribution >= 4 is 0 Å². The minimum Gasteiger partial charge on any atom is -0.352 e. The molecule has 3 fully saturated rings. The van der Waals surface area contributed by atoms with Crippen molar-refractivity contribution in [2.75, 3.05) is 13.2 Å². The van der Waals surface area contributed by atoms with E-state index >= 15 is 0 Å². The van der Waals surface area contributed by atoms with E-state index < -0.39 is 17.9 Å². The van der Waals surface area contributed by atoms with Crippen molar-refractivity contribution in [3.8, 4) is 0 Å². The van der Waals surface area contributed by atoms with Crippen molar-refractivity contribution in [3.05, 3.63) is 11.9 Å². The smallest absolute Gasteiger partial charge is 0.352 e. The van der Waals surface area contributed by atoms with Crippen LogP contribution in [-0.2, 0) is 9.47 Å². The van der Waals surface area contributed by atoms with Crippen LogP contribution in [0.25, 0.3) is 0 Å². The summed E-state index contributed by atoms with van der Waals surface area (Å²) in [6.45, 7) is 3.66. The Kier molecular flexibility index (Phi) is 6.65. The molecule has 0 aromatic rings. The lowest BCUT2D eigenvalue weighted by atomic mass is 9.69. The second-order valence-corrected chi connectivity index (χ2v) is 8.50. The van der Waals surface area contributed by atoms with E-state index in [4.69, 9.17) is 9.47 Å². The van der Waals surface area contributed by atoms with Crippen molar-refractivity contribution in [1.82, 2.24) is 0 Å². The van der Waals surface area contributed by atoms with Gasteiger partial charge in [-0.1, -0.05) is 6.92 Å². The first-order chi connectivity index (χ1) is 12.3. The molecule has 0 radical (unpaired) electrons. The summed E-state index contributed by atoms with van der Waals surface area (Å²) >= 11 is 0. The highest BCUT2D eigenvalue weighted by Gasteiger charge is 2.36. The lowest BCUT2D eigenvalue weighted by Crippen LogP contribution is -2.38. The van der Waals surface area contributed by atoms with Gasteiger partial charge in [-0.25, -0.2) is 4.39 Å². The van der Waals surface area contributed by atoms with Crippen molar-refractivity contribution in [3.63, 3.8) is 0 Å². The Balaban J connectivity index is 1.42. The summed E-state index contributed by atoms with van der Waals surface area (Å²) in [5.41, 5.74) is 0. The molecule has 26 heavy (non-hydrogen) atoms. The molecule has 0 atom stereocenters. The minimum absolute atomic E-state index is 0.0653. The number of hydrogen-bond acceptors (Lipinski definition) is 2. The van der Waals surface area contributed by atoms with E-state index in [9.17, 15) is 17.6 Å². The molecule has 150 valence electrons. The minimum atomic E-state index is -4.56. The standard InChI is InChI=1S/C20H30F4O2/c1-13-11-25-19(26-12-13)17-8-4-15(5-9-17)14-2-6-16(7-3-14)18(21)10-20(22,23)24/h10,13-17,19H,2-9,11-12H2,1H3/b18-10-. The zero-order valence-electron chi connectivity index (χ0n) is 15.4. The molecule has 6 heteroatoms.